The van der Waals surface area contributed by atoms with E-state index in [2.05, 4.69) is 6.07 Å². The van der Waals surface area contributed by atoms with Gasteiger partial charge in [0.25, 0.3) is 0 Å². The molecule has 1 saturated heterocycles. The van der Waals surface area contributed by atoms with Gasteiger partial charge in [-0.3, -0.25) is 14.9 Å². The Hall–Kier alpha value is -5.43. The first-order valence-electron chi connectivity index (χ1n) is 13.8. The van der Waals surface area contributed by atoms with Crippen molar-refractivity contribution >= 4 is 28.5 Å². The van der Waals surface area contributed by atoms with E-state index in [0.29, 0.717) is 11.3 Å². The Bertz CT molecular complexity index is 1720. The van der Waals surface area contributed by atoms with Crippen LogP contribution in [0.25, 0.3) is 10.8 Å². The highest BCUT2D eigenvalue weighted by Gasteiger charge is 2.48. The van der Waals surface area contributed by atoms with Crippen molar-refractivity contribution in [1.29, 1.82) is 5.26 Å². The predicted molar refractivity (Wildman–Crippen MR) is 160 cm³/mol. The van der Waals surface area contributed by atoms with Gasteiger partial charge in [-0.25, -0.2) is 4.79 Å². The number of benzene rings is 4. The molecule has 1 heterocycles. The monoisotopic (exact) mass is 578 g/mol. The zero-order chi connectivity index (χ0) is 30.6. The van der Waals surface area contributed by atoms with Gasteiger partial charge in [0.1, 0.15) is 11.2 Å². The highest BCUT2D eigenvalue weighted by molar-refractivity contribution is 5.91. The third kappa shape index (κ3) is 5.57. The van der Waals surface area contributed by atoms with Crippen LogP contribution in [0.3, 0.4) is 0 Å². The molecule has 1 aliphatic heterocycles. The van der Waals surface area contributed by atoms with Gasteiger partial charge in [0, 0.05) is 43.7 Å². The first kappa shape index (κ1) is 29.1. The molecule has 0 spiro atoms. The second kappa shape index (κ2) is 12.2. The lowest BCUT2D eigenvalue weighted by molar-refractivity contribution is -0.385. The molecule has 0 aliphatic carbocycles. The summed E-state index contributed by atoms with van der Waals surface area (Å²) in [6, 6.07) is 29.1. The Labute approximate surface area is 248 Å². The minimum atomic E-state index is -1.54. The standard InChI is InChI=1S/C33H30N4O6/c1-33(22-34,30(26-13-5-7-16-28(26)42-2)25-14-9-11-23-10-3-4-12-24(23)25)31(38)35-18-20-36(21-19-35)32(39)43-29-17-8-6-15-27(29)37(40)41/h3-17,30H,18-21H2,1-2H3. The number of rotatable bonds is 7. The van der Waals surface area contributed by atoms with Gasteiger partial charge in [0.05, 0.1) is 18.1 Å². The van der Waals surface area contributed by atoms with Crippen LogP contribution in [0.2, 0.25) is 0 Å². The number of nitrogens with zero attached hydrogens (tertiary/aromatic N) is 4. The molecule has 218 valence electrons. The van der Waals surface area contributed by atoms with Crippen LogP contribution in [0.4, 0.5) is 10.5 Å². The SMILES string of the molecule is COc1ccccc1C(c1cccc2ccccc12)C(C)(C#N)C(=O)N1CCN(C(=O)Oc2ccccc2[N+](=O)[O-])CC1. The van der Waals surface area contributed by atoms with Crippen LogP contribution in [0, 0.1) is 26.9 Å². The number of amides is 2. The summed E-state index contributed by atoms with van der Waals surface area (Å²) in [4.78, 5) is 40.9. The number of piperazine rings is 1. The Morgan fingerprint density at radius 2 is 1.44 bits per heavy atom. The van der Waals surface area contributed by atoms with Gasteiger partial charge in [-0.15, -0.1) is 0 Å². The fraction of sp³-hybridized carbons (Fsp3) is 0.242. The van der Waals surface area contributed by atoms with E-state index in [1.807, 2.05) is 66.7 Å². The number of hydrogen-bond acceptors (Lipinski definition) is 7. The second-order valence-electron chi connectivity index (χ2n) is 10.4. The molecule has 1 aliphatic rings. The molecular formula is C33H30N4O6. The Morgan fingerprint density at radius 1 is 0.860 bits per heavy atom. The van der Waals surface area contributed by atoms with Crippen molar-refractivity contribution in [3.8, 4) is 17.6 Å². The molecule has 0 radical (unpaired) electrons. The third-order valence-corrected chi connectivity index (χ3v) is 7.92. The summed E-state index contributed by atoms with van der Waals surface area (Å²) >= 11 is 0. The highest BCUT2D eigenvalue weighted by Crippen LogP contribution is 2.47. The molecule has 43 heavy (non-hydrogen) atoms. The van der Waals surface area contributed by atoms with E-state index in [1.165, 1.54) is 23.1 Å². The number of nitro groups is 1. The van der Waals surface area contributed by atoms with E-state index in [9.17, 15) is 25.0 Å². The van der Waals surface area contributed by atoms with Crippen LogP contribution in [0.5, 0.6) is 11.5 Å². The van der Waals surface area contributed by atoms with E-state index in [0.717, 1.165) is 16.3 Å². The lowest BCUT2D eigenvalue weighted by Gasteiger charge is -2.40. The lowest BCUT2D eigenvalue weighted by Crippen LogP contribution is -2.55. The van der Waals surface area contributed by atoms with Crippen molar-refractivity contribution in [2.45, 2.75) is 12.8 Å². The van der Waals surface area contributed by atoms with Crippen molar-refractivity contribution in [2.24, 2.45) is 5.41 Å². The Morgan fingerprint density at radius 3 is 2.14 bits per heavy atom. The van der Waals surface area contributed by atoms with Gasteiger partial charge in [-0.2, -0.15) is 5.26 Å². The van der Waals surface area contributed by atoms with Crippen LogP contribution in [0.1, 0.15) is 24.0 Å². The molecule has 0 aromatic heterocycles. The number of methoxy groups -OCH3 is 1. The number of carbonyl (C=O) groups is 2. The summed E-state index contributed by atoms with van der Waals surface area (Å²) in [6.45, 7) is 2.26. The van der Waals surface area contributed by atoms with Crippen molar-refractivity contribution in [3.63, 3.8) is 0 Å². The molecule has 4 aromatic rings. The van der Waals surface area contributed by atoms with Gasteiger partial charge >= 0.3 is 11.8 Å². The summed E-state index contributed by atoms with van der Waals surface area (Å²) in [5.41, 5.74) is -0.311. The molecule has 0 saturated carbocycles. The molecule has 10 heteroatoms. The number of para-hydroxylation sites is 3. The van der Waals surface area contributed by atoms with Gasteiger partial charge in [-0.1, -0.05) is 72.8 Å². The Balaban J connectivity index is 1.43. The molecule has 5 rings (SSSR count). The first-order chi connectivity index (χ1) is 20.8. The molecule has 10 nitrogen and oxygen atoms in total. The molecule has 2 atom stereocenters. The van der Waals surface area contributed by atoms with Gasteiger partial charge in [-0.05, 0) is 35.4 Å². The number of fused-ring (bicyclic) bond motifs is 1. The second-order valence-corrected chi connectivity index (χ2v) is 10.4. The van der Waals surface area contributed by atoms with Crippen molar-refractivity contribution in [1.82, 2.24) is 9.80 Å². The van der Waals surface area contributed by atoms with E-state index in [1.54, 1.807) is 25.0 Å². The third-order valence-electron chi connectivity index (χ3n) is 7.92. The van der Waals surface area contributed by atoms with E-state index in [4.69, 9.17) is 9.47 Å². The maximum Gasteiger partial charge on any atom is 0.415 e. The fourth-order valence-corrected chi connectivity index (χ4v) is 5.71. The molecule has 2 unspecified atom stereocenters. The molecule has 1 fully saturated rings. The van der Waals surface area contributed by atoms with Crippen LogP contribution in [-0.2, 0) is 4.79 Å². The Kier molecular flexibility index (Phi) is 8.25. The summed E-state index contributed by atoms with van der Waals surface area (Å²) in [5.74, 6) is -0.625. The van der Waals surface area contributed by atoms with Crippen LogP contribution in [0.15, 0.2) is 91.0 Å². The number of nitriles is 1. The van der Waals surface area contributed by atoms with Gasteiger partial charge in [0.2, 0.25) is 11.7 Å². The summed E-state index contributed by atoms with van der Waals surface area (Å²) in [5, 5.41) is 23.9. The molecule has 0 N–H and O–H groups in total. The smallest absolute Gasteiger partial charge is 0.415 e. The van der Waals surface area contributed by atoms with Crippen LogP contribution >= 0.6 is 0 Å². The summed E-state index contributed by atoms with van der Waals surface area (Å²) in [6.07, 6.45) is -0.743. The van der Waals surface area contributed by atoms with Gasteiger partial charge < -0.3 is 19.3 Å². The molecule has 2 amide bonds. The quantitative estimate of drug-likeness (QED) is 0.202. The van der Waals surface area contributed by atoms with Crippen molar-refractivity contribution in [3.05, 3.63) is 112 Å². The van der Waals surface area contributed by atoms with Crippen molar-refractivity contribution < 1.29 is 24.0 Å². The maximum absolute atomic E-state index is 14.3. The maximum atomic E-state index is 14.3. The minimum absolute atomic E-state index is 0.139. The van der Waals surface area contributed by atoms with Crippen LogP contribution in [-0.4, -0.2) is 60.0 Å². The average molecular weight is 579 g/mol. The van der Waals surface area contributed by atoms with Gasteiger partial charge in [0.15, 0.2) is 0 Å². The average Bonchev–Trinajstić information content (AvgIpc) is 3.05. The summed E-state index contributed by atoms with van der Waals surface area (Å²) in [7, 11) is 1.56. The zero-order valence-corrected chi connectivity index (χ0v) is 23.8. The largest absolute Gasteiger partial charge is 0.496 e. The first-order valence-corrected chi connectivity index (χ1v) is 13.8. The minimum Gasteiger partial charge on any atom is -0.496 e. The normalized spacial score (nSPS) is 15.2. The molecule has 0 bridgehead atoms. The topological polar surface area (TPSA) is 126 Å². The van der Waals surface area contributed by atoms with Crippen molar-refractivity contribution in [2.75, 3.05) is 33.3 Å². The molecular weight excluding hydrogens is 548 g/mol. The molecule has 4 aromatic carbocycles. The predicted octanol–water partition coefficient (Wildman–Crippen LogP) is 5.76. The summed E-state index contributed by atoms with van der Waals surface area (Å²) < 4.78 is 11.0. The fourth-order valence-electron chi connectivity index (χ4n) is 5.71. The number of carbonyl (C=O) groups excluding carboxylic acids is 2. The number of ether oxygens (including phenoxy) is 2. The number of nitro benzene ring substituents is 1. The van der Waals surface area contributed by atoms with E-state index < -0.39 is 22.3 Å². The van der Waals surface area contributed by atoms with E-state index >= 15 is 0 Å². The lowest BCUT2D eigenvalue weighted by atomic mass is 9.68. The van der Waals surface area contributed by atoms with E-state index in [-0.39, 0.29) is 43.5 Å². The zero-order valence-electron chi connectivity index (χ0n) is 23.8. The van der Waals surface area contributed by atoms with Crippen LogP contribution < -0.4 is 9.47 Å². The number of hydrogen-bond donors (Lipinski definition) is 0. The highest BCUT2D eigenvalue weighted by atomic mass is 16.6.